The van der Waals surface area contributed by atoms with E-state index in [1.807, 2.05) is 32.9 Å². The van der Waals surface area contributed by atoms with Crippen molar-refractivity contribution in [2.75, 3.05) is 14.2 Å². The molecule has 0 aromatic heterocycles. The fraction of sp³-hybridized carbons (Fsp3) is 0.533. The van der Waals surface area contributed by atoms with Gasteiger partial charge in [-0.3, -0.25) is 4.79 Å². The summed E-state index contributed by atoms with van der Waals surface area (Å²) >= 11 is 0. The zero-order valence-electron chi connectivity index (χ0n) is 12.4. The molecule has 1 N–H and O–H groups in total. The van der Waals surface area contributed by atoms with Gasteiger partial charge in [-0.1, -0.05) is 13.0 Å². The lowest BCUT2D eigenvalue weighted by Crippen LogP contribution is -2.43. The zero-order chi connectivity index (χ0) is 14.5. The summed E-state index contributed by atoms with van der Waals surface area (Å²) in [5.74, 6) is 1.38. The van der Waals surface area contributed by atoms with Gasteiger partial charge < -0.3 is 14.8 Å². The Morgan fingerprint density at radius 1 is 1.26 bits per heavy atom. The highest BCUT2D eigenvalue weighted by Gasteiger charge is 2.19. The van der Waals surface area contributed by atoms with Crippen LogP contribution in [0.5, 0.6) is 11.5 Å². The molecule has 0 aliphatic carbocycles. The van der Waals surface area contributed by atoms with Crippen LogP contribution < -0.4 is 14.8 Å². The molecule has 0 saturated heterocycles. The van der Waals surface area contributed by atoms with Crippen LogP contribution in [-0.4, -0.2) is 25.7 Å². The van der Waals surface area contributed by atoms with E-state index in [4.69, 9.17) is 9.47 Å². The lowest BCUT2D eigenvalue weighted by Gasteiger charge is -2.24. The maximum Gasteiger partial charge on any atom is 0.224 e. The first kappa shape index (κ1) is 15.3. The summed E-state index contributed by atoms with van der Waals surface area (Å²) in [6.45, 7) is 6.07. The molecule has 106 valence electrons. The van der Waals surface area contributed by atoms with Crippen LogP contribution in [0, 0.1) is 0 Å². The Morgan fingerprint density at radius 3 is 2.47 bits per heavy atom. The average Bonchev–Trinajstić information content (AvgIpc) is 2.38. The van der Waals surface area contributed by atoms with Crippen LogP contribution >= 0.6 is 0 Å². The molecule has 0 fully saturated rings. The van der Waals surface area contributed by atoms with E-state index in [1.165, 1.54) is 0 Å². The highest BCUT2D eigenvalue weighted by atomic mass is 16.5. The molecule has 0 aliphatic heterocycles. The van der Waals surface area contributed by atoms with Crippen LogP contribution in [0.15, 0.2) is 18.2 Å². The Kier molecular flexibility index (Phi) is 5.21. The topological polar surface area (TPSA) is 47.6 Å². The van der Waals surface area contributed by atoms with Gasteiger partial charge in [0, 0.05) is 17.2 Å². The van der Waals surface area contributed by atoms with Crippen molar-refractivity contribution in [3.05, 3.63) is 23.8 Å². The van der Waals surface area contributed by atoms with Gasteiger partial charge in [-0.25, -0.2) is 0 Å². The number of benzene rings is 1. The van der Waals surface area contributed by atoms with Crippen LogP contribution in [-0.2, 0) is 11.2 Å². The van der Waals surface area contributed by atoms with E-state index in [-0.39, 0.29) is 11.4 Å². The van der Waals surface area contributed by atoms with Crippen LogP contribution in [0.4, 0.5) is 0 Å². The van der Waals surface area contributed by atoms with E-state index in [9.17, 15) is 4.79 Å². The number of hydrogen-bond donors (Lipinski definition) is 1. The van der Waals surface area contributed by atoms with Gasteiger partial charge in [0.2, 0.25) is 5.91 Å². The van der Waals surface area contributed by atoms with Gasteiger partial charge in [0.05, 0.1) is 20.6 Å². The van der Waals surface area contributed by atoms with Crippen molar-refractivity contribution in [3.8, 4) is 11.5 Å². The molecular weight excluding hydrogens is 242 g/mol. The van der Waals surface area contributed by atoms with Gasteiger partial charge in [0.15, 0.2) is 0 Å². The summed E-state index contributed by atoms with van der Waals surface area (Å²) in [4.78, 5) is 12.0. The predicted molar refractivity (Wildman–Crippen MR) is 75.8 cm³/mol. The standard InChI is InChI=1S/C15H23NO3/c1-6-15(2,3)16-14(17)9-11-7-8-12(18-4)10-13(11)19-5/h7-8,10H,6,9H2,1-5H3,(H,16,17). The molecule has 0 bridgehead atoms. The quantitative estimate of drug-likeness (QED) is 0.860. The third-order valence-corrected chi connectivity index (χ3v) is 3.21. The fourth-order valence-corrected chi connectivity index (χ4v) is 1.68. The number of methoxy groups -OCH3 is 2. The minimum atomic E-state index is -0.184. The number of rotatable bonds is 6. The summed E-state index contributed by atoms with van der Waals surface area (Å²) in [6.07, 6.45) is 1.19. The van der Waals surface area contributed by atoms with Crippen LogP contribution in [0.2, 0.25) is 0 Å². The van der Waals surface area contributed by atoms with E-state index in [0.29, 0.717) is 12.2 Å². The number of carbonyl (C=O) groups is 1. The Bertz CT molecular complexity index is 441. The molecule has 0 unspecified atom stereocenters. The largest absolute Gasteiger partial charge is 0.497 e. The summed E-state index contributed by atoms with van der Waals surface area (Å²) in [5, 5.41) is 3.01. The van der Waals surface area contributed by atoms with Gasteiger partial charge >= 0.3 is 0 Å². The summed E-state index contributed by atoms with van der Waals surface area (Å²) < 4.78 is 10.4. The minimum absolute atomic E-state index is 0.00434. The SMILES string of the molecule is CCC(C)(C)NC(=O)Cc1ccc(OC)cc1OC. The molecule has 1 amide bonds. The van der Waals surface area contributed by atoms with Crippen molar-refractivity contribution in [2.45, 2.75) is 39.2 Å². The number of nitrogens with one attached hydrogen (secondary N) is 1. The maximum atomic E-state index is 12.0. The first-order chi connectivity index (χ1) is 8.91. The van der Waals surface area contributed by atoms with E-state index >= 15 is 0 Å². The molecule has 1 aromatic carbocycles. The highest BCUT2D eigenvalue weighted by Crippen LogP contribution is 2.25. The normalized spacial score (nSPS) is 11.0. The van der Waals surface area contributed by atoms with Gasteiger partial charge in [0.25, 0.3) is 0 Å². The lowest BCUT2D eigenvalue weighted by atomic mass is 10.0. The lowest BCUT2D eigenvalue weighted by molar-refractivity contribution is -0.122. The van der Waals surface area contributed by atoms with Gasteiger partial charge in [-0.2, -0.15) is 0 Å². The second-order valence-electron chi connectivity index (χ2n) is 5.14. The predicted octanol–water partition coefficient (Wildman–Crippen LogP) is 2.55. The van der Waals surface area contributed by atoms with Crippen molar-refractivity contribution in [1.82, 2.24) is 5.32 Å². The number of carbonyl (C=O) groups excluding carboxylic acids is 1. The smallest absolute Gasteiger partial charge is 0.224 e. The third-order valence-electron chi connectivity index (χ3n) is 3.21. The van der Waals surface area contributed by atoms with E-state index in [0.717, 1.165) is 17.7 Å². The Balaban J connectivity index is 2.79. The van der Waals surface area contributed by atoms with Crippen molar-refractivity contribution >= 4 is 5.91 Å². The minimum Gasteiger partial charge on any atom is -0.497 e. The van der Waals surface area contributed by atoms with Crippen LogP contribution in [0.3, 0.4) is 0 Å². The molecule has 1 rings (SSSR count). The first-order valence-electron chi connectivity index (χ1n) is 6.43. The second kappa shape index (κ2) is 6.45. The molecule has 0 saturated carbocycles. The average molecular weight is 265 g/mol. The summed E-state index contributed by atoms with van der Waals surface area (Å²) in [6, 6.07) is 5.47. The van der Waals surface area contributed by atoms with Crippen LogP contribution in [0.1, 0.15) is 32.8 Å². The first-order valence-corrected chi connectivity index (χ1v) is 6.43. The maximum absolute atomic E-state index is 12.0. The van der Waals surface area contributed by atoms with Crippen molar-refractivity contribution in [1.29, 1.82) is 0 Å². The highest BCUT2D eigenvalue weighted by molar-refractivity contribution is 5.80. The summed E-state index contributed by atoms with van der Waals surface area (Å²) in [7, 11) is 3.19. The molecule has 0 aliphatic rings. The second-order valence-corrected chi connectivity index (χ2v) is 5.14. The molecule has 4 heteroatoms. The summed E-state index contributed by atoms with van der Waals surface area (Å²) in [5.41, 5.74) is 0.671. The number of amides is 1. The van der Waals surface area contributed by atoms with Crippen molar-refractivity contribution in [3.63, 3.8) is 0 Å². The monoisotopic (exact) mass is 265 g/mol. The van der Waals surface area contributed by atoms with Gasteiger partial charge in [-0.05, 0) is 26.3 Å². The Hall–Kier alpha value is -1.71. The van der Waals surface area contributed by atoms with E-state index in [2.05, 4.69) is 5.32 Å². The van der Waals surface area contributed by atoms with Crippen LogP contribution in [0.25, 0.3) is 0 Å². The molecule has 0 spiro atoms. The molecular formula is C15H23NO3. The number of hydrogen-bond acceptors (Lipinski definition) is 3. The Labute approximate surface area is 115 Å². The van der Waals surface area contributed by atoms with Gasteiger partial charge in [0.1, 0.15) is 11.5 Å². The molecule has 19 heavy (non-hydrogen) atoms. The van der Waals surface area contributed by atoms with Crippen molar-refractivity contribution in [2.24, 2.45) is 0 Å². The molecule has 0 atom stereocenters. The van der Waals surface area contributed by atoms with Crippen molar-refractivity contribution < 1.29 is 14.3 Å². The molecule has 1 aromatic rings. The fourth-order valence-electron chi connectivity index (χ4n) is 1.68. The molecule has 0 heterocycles. The van der Waals surface area contributed by atoms with E-state index < -0.39 is 0 Å². The number of ether oxygens (including phenoxy) is 2. The van der Waals surface area contributed by atoms with Gasteiger partial charge in [-0.15, -0.1) is 0 Å². The Morgan fingerprint density at radius 2 is 1.95 bits per heavy atom. The molecule has 0 radical (unpaired) electrons. The van der Waals surface area contributed by atoms with E-state index in [1.54, 1.807) is 20.3 Å². The molecule has 4 nitrogen and oxygen atoms in total. The third kappa shape index (κ3) is 4.47. The zero-order valence-corrected chi connectivity index (χ0v) is 12.4.